The van der Waals surface area contributed by atoms with Gasteiger partial charge in [0.05, 0.1) is 0 Å². The standard InChI is InChI=1S/C19H24FN3OS/c1-21-19(23(2)14-16-8-10-18(20)11-9-16)22-12-13-25(24)15-17-6-4-3-5-7-17/h3-11H,12-15H2,1-2H3,(H,21,22). The molecule has 4 nitrogen and oxygen atoms in total. The summed E-state index contributed by atoms with van der Waals surface area (Å²) in [6, 6.07) is 16.3. The summed E-state index contributed by atoms with van der Waals surface area (Å²) in [6.07, 6.45) is 0. The van der Waals surface area contributed by atoms with Crippen molar-refractivity contribution < 1.29 is 8.60 Å². The first-order valence-electron chi connectivity index (χ1n) is 8.13. The normalized spacial score (nSPS) is 12.7. The molecular weight excluding hydrogens is 337 g/mol. The van der Waals surface area contributed by atoms with Crippen LogP contribution in [0.1, 0.15) is 11.1 Å². The fourth-order valence-electron chi connectivity index (χ4n) is 2.43. The van der Waals surface area contributed by atoms with Gasteiger partial charge in [-0.25, -0.2) is 4.39 Å². The van der Waals surface area contributed by atoms with Crippen molar-refractivity contribution in [1.29, 1.82) is 0 Å². The van der Waals surface area contributed by atoms with Gasteiger partial charge in [0.25, 0.3) is 0 Å². The second-order valence-corrected chi connectivity index (χ2v) is 7.31. The number of nitrogens with zero attached hydrogens (tertiary/aromatic N) is 2. The first-order valence-corrected chi connectivity index (χ1v) is 9.62. The van der Waals surface area contributed by atoms with Crippen LogP contribution in [0.3, 0.4) is 0 Å². The lowest BCUT2D eigenvalue weighted by Crippen LogP contribution is -2.40. The van der Waals surface area contributed by atoms with Crippen LogP contribution in [0.5, 0.6) is 0 Å². The maximum absolute atomic E-state index is 13.0. The minimum atomic E-state index is -0.921. The lowest BCUT2D eigenvalue weighted by molar-refractivity contribution is 0.478. The van der Waals surface area contributed by atoms with Gasteiger partial charge in [-0.1, -0.05) is 42.5 Å². The van der Waals surface area contributed by atoms with Gasteiger partial charge in [-0.2, -0.15) is 0 Å². The van der Waals surface area contributed by atoms with Crippen LogP contribution in [0.4, 0.5) is 4.39 Å². The van der Waals surface area contributed by atoms with Crippen molar-refractivity contribution >= 4 is 16.8 Å². The van der Waals surface area contributed by atoms with Gasteiger partial charge in [0.1, 0.15) is 5.82 Å². The number of nitrogens with one attached hydrogen (secondary N) is 1. The molecule has 25 heavy (non-hydrogen) atoms. The van der Waals surface area contributed by atoms with Crippen LogP contribution in [0.15, 0.2) is 59.6 Å². The molecule has 0 aliphatic heterocycles. The molecule has 0 aromatic heterocycles. The van der Waals surface area contributed by atoms with E-state index in [4.69, 9.17) is 0 Å². The smallest absolute Gasteiger partial charge is 0.193 e. The number of aliphatic imine (C=N–C) groups is 1. The topological polar surface area (TPSA) is 44.7 Å². The highest BCUT2D eigenvalue weighted by Crippen LogP contribution is 2.06. The number of rotatable bonds is 7. The summed E-state index contributed by atoms with van der Waals surface area (Å²) in [7, 11) is 2.71. The molecule has 1 atom stereocenters. The van der Waals surface area contributed by atoms with Gasteiger partial charge >= 0.3 is 0 Å². The molecule has 0 aliphatic carbocycles. The van der Waals surface area contributed by atoms with Gasteiger partial charge in [-0.05, 0) is 23.3 Å². The number of hydrogen-bond acceptors (Lipinski definition) is 2. The van der Waals surface area contributed by atoms with Crippen LogP contribution in [-0.4, -0.2) is 41.5 Å². The first kappa shape index (κ1) is 19.1. The third-order valence-corrected chi connectivity index (χ3v) is 5.00. The Morgan fingerprint density at radius 2 is 1.80 bits per heavy atom. The van der Waals surface area contributed by atoms with Crippen molar-refractivity contribution in [2.24, 2.45) is 4.99 Å². The zero-order valence-electron chi connectivity index (χ0n) is 14.6. The molecule has 0 bridgehead atoms. The molecule has 0 spiro atoms. The maximum atomic E-state index is 13.0. The van der Waals surface area contributed by atoms with E-state index in [0.29, 0.717) is 24.6 Å². The Balaban J connectivity index is 1.77. The van der Waals surface area contributed by atoms with Gasteiger partial charge in [0, 0.05) is 49.5 Å². The molecule has 0 aliphatic rings. The summed E-state index contributed by atoms with van der Waals surface area (Å²) in [5.41, 5.74) is 2.08. The highest BCUT2D eigenvalue weighted by Gasteiger charge is 2.08. The maximum Gasteiger partial charge on any atom is 0.193 e. The lowest BCUT2D eigenvalue weighted by Gasteiger charge is -2.22. The summed E-state index contributed by atoms with van der Waals surface area (Å²) < 4.78 is 25.1. The van der Waals surface area contributed by atoms with Crippen LogP contribution in [-0.2, 0) is 23.1 Å². The Labute approximate surface area is 151 Å². The van der Waals surface area contributed by atoms with Crippen molar-refractivity contribution in [3.8, 4) is 0 Å². The van der Waals surface area contributed by atoms with E-state index >= 15 is 0 Å². The minimum absolute atomic E-state index is 0.241. The Morgan fingerprint density at radius 3 is 2.44 bits per heavy atom. The lowest BCUT2D eigenvalue weighted by atomic mass is 10.2. The predicted octanol–water partition coefficient (Wildman–Crippen LogP) is 2.78. The quantitative estimate of drug-likeness (QED) is 0.609. The van der Waals surface area contributed by atoms with Gasteiger partial charge in [0.2, 0.25) is 0 Å². The van der Waals surface area contributed by atoms with Crippen LogP contribution >= 0.6 is 0 Å². The summed E-state index contributed by atoms with van der Waals surface area (Å²) in [5, 5.41) is 3.23. The molecule has 2 aromatic rings. The number of hydrogen-bond donors (Lipinski definition) is 1. The van der Waals surface area contributed by atoms with Crippen LogP contribution in [0, 0.1) is 5.82 Å². The number of guanidine groups is 1. The molecule has 2 aromatic carbocycles. The summed E-state index contributed by atoms with van der Waals surface area (Å²) in [4.78, 5) is 6.19. The summed E-state index contributed by atoms with van der Waals surface area (Å²) >= 11 is 0. The molecule has 1 N–H and O–H groups in total. The first-order chi connectivity index (χ1) is 12.1. The molecule has 6 heteroatoms. The number of halogens is 1. The van der Waals surface area contributed by atoms with Crippen molar-refractivity contribution in [2.75, 3.05) is 26.4 Å². The van der Waals surface area contributed by atoms with E-state index in [0.717, 1.165) is 17.1 Å². The molecule has 134 valence electrons. The van der Waals surface area contributed by atoms with E-state index in [1.165, 1.54) is 12.1 Å². The van der Waals surface area contributed by atoms with E-state index in [-0.39, 0.29) is 5.82 Å². The molecule has 0 amide bonds. The van der Waals surface area contributed by atoms with E-state index in [9.17, 15) is 8.60 Å². The van der Waals surface area contributed by atoms with Crippen molar-refractivity contribution in [3.05, 3.63) is 71.5 Å². The van der Waals surface area contributed by atoms with Crippen LogP contribution in [0.25, 0.3) is 0 Å². The fraction of sp³-hybridized carbons (Fsp3) is 0.316. The van der Waals surface area contributed by atoms with Crippen LogP contribution < -0.4 is 5.32 Å². The fourth-order valence-corrected chi connectivity index (χ4v) is 3.47. The SMILES string of the molecule is CN=C(NCCS(=O)Cc1ccccc1)N(C)Cc1ccc(F)cc1. The molecular formula is C19H24FN3OS. The highest BCUT2D eigenvalue weighted by molar-refractivity contribution is 7.84. The third kappa shape index (κ3) is 6.66. The molecule has 2 rings (SSSR count). The summed E-state index contributed by atoms with van der Waals surface area (Å²) in [6.45, 7) is 1.20. The Hall–Kier alpha value is -2.21. The Kier molecular flexibility index (Phi) is 7.60. The predicted molar refractivity (Wildman–Crippen MR) is 102 cm³/mol. The largest absolute Gasteiger partial charge is 0.355 e. The second-order valence-electron chi connectivity index (χ2n) is 5.73. The van der Waals surface area contributed by atoms with Crippen molar-refractivity contribution in [3.63, 3.8) is 0 Å². The molecule has 0 saturated heterocycles. The highest BCUT2D eigenvalue weighted by atomic mass is 32.2. The molecule has 1 unspecified atom stereocenters. The van der Waals surface area contributed by atoms with Gasteiger partial charge in [-0.3, -0.25) is 9.20 Å². The zero-order chi connectivity index (χ0) is 18.1. The molecule has 0 fully saturated rings. The van der Waals surface area contributed by atoms with E-state index in [2.05, 4.69) is 10.3 Å². The Morgan fingerprint density at radius 1 is 1.12 bits per heavy atom. The molecule has 0 heterocycles. The number of benzene rings is 2. The minimum Gasteiger partial charge on any atom is -0.355 e. The summed E-state index contributed by atoms with van der Waals surface area (Å²) in [5.74, 6) is 1.60. The van der Waals surface area contributed by atoms with Crippen molar-refractivity contribution in [1.82, 2.24) is 10.2 Å². The average Bonchev–Trinajstić information content (AvgIpc) is 2.61. The molecule has 0 saturated carbocycles. The van der Waals surface area contributed by atoms with E-state index in [1.807, 2.05) is 42.3 Å². The molecule has 0 radical (unpaired) electrons. The zero-order valence-corrected chi connectivity index (χ0v) is 15.4. The van der Waals surface area contributed by atoms with Crippen LogP contribution in [0.2, 0.25) is 0 Å². The monoisotopic (exact) mass is 361 g/mol. The third-order valence-electron chi connectivity index (χ3n) is 3.69. The average molecular weight is 361 g/mol. The van der Waals surface area contributed by atoms with Gasteiger partial charge < -0.3 is 10.2 Å². The van der Waals surface area contributed by atoms with Crippen molar-refractivity contribution in [2.45, 2.75) is 12.3 Å². The van der Waals surface area contributed by atoms with Gasteiger partial charge in [0.15, 0.2) is 5.96 Å². The second kappa shape index (κ2) is 9.93. The van der Waals surface area contributed by atoms with Gasteiger partial charge in [-0.15, -0.1) is 0 Å². The van der Waals surface area contributed by atoms with E-state index in [1.54, 1.807) is 19.2 Å². The van der Waals surface area contributed by atoms with E-state index < -0.39 is 10.8 Å². The Bertz CT molecular complexity index is 704.